The van der Waals surface area contributed by atoms with E-state index in [4.69, 9.17) is 4.74 Å². The third-order valence-corrected chi connectivity index (χ3v) is 8.53. The summed E-state index contributed by atoms with van der Waals surface area (Å²) in [4.78, 5) is 48.5. The number of halogens is 1. The molecule has 1 unspecified atom stereocenters. The predicted octanol–water partition coefficient (Wildman–Crippen LogP) is 3.74. The van der Waals surface area contributed by atoms with Gasteiger partial charge in [0.05, 0.1) is 47.7 Å². The first kappa shape index (κ1) is 25.5. The first-order valence-corrected chi connectivity index (χ1v) is 14.3. The van der Waals surface area contributed by atoms with Crippen LogP contribution in [0.4, 0.5) is 10.1 Å². The second-order valence-corrected chi connectivity index (χ2v) is 11.0. The number of morpholine rings is 1. The number of amides is 2. The summed E-state index contributed by atoms with van der Waals surface area (Å²) in [5.41, 5.74) is 6.83. The maximum atomic E-state index is 14.2. The molecule has 2 aliphatic heterocycles. The van der Waals surface area contributed by atoms with Crippen molar-refractivity contribution in [2.45, 2.75) is 25.6 Å². The number of hydrogen-bond acceptors (Lipinski definition) is 8. The summed E-state index contributed by atoms with van der Waals surface area (Å²) in [6.45, 7) is 2.42. The van der Waals surface area contributed by atoms with Crippen molar-refractivity contribution < 1.29 is 18.7 Å². The molecule has 2 aliphatic rings. The summed E-state index contributed by atoms with van der Waals surface area (Å²) in [7, 11) is 0. The number of thiazole rings is 1. The summed E-state index contributed by atoms with van der Waals surface area (Å²) in [5, 5.41) is 4.10. The number of rotatable bonds is 5. The topological polar surface area (TPSA) is 116 Å². The van der Waals surface area contributed by atoms with Gasteiger partial charge in [0.2, 0.25) is 5.91 Å². The molecular weight excluding hydrogens is 545 g/mol. The lowest BCUT2D eigenvalue weighted by atomic mass is 9.95. The van der Waals surface area contributed by atoms with Crippen molar-refractivity contribution in [1.29, 1.82) is 0 Å². The number of aromatic nitrogens is 4. The number of carbonyl (C=O) groups is 2. The molecule has 5 aromatic rings. The largest absolute Gasteiger partial charge is 0.380 e. The number of nitrogens with one attached hydrogen (secondary N) is 2. The van der Waals surface area contributed by atoms with E-state index in [1.165, 1.54) is 23.5 Å². The molecule has 208 valence electrons. The van der Waals surface area contributed by atoms with Crippen molar-refractivity contribution in [1.82, 2.24) is 29.7 Å². The molecule has 41 heavy (non-hydrogen) atoms. The van der Waals surface area contributed by atoms with Crippen LogP contribution in [0.15, 0.2) is 54.3 Å². The van der Waals surface area contributed by atoms with Crippen LogP contribution in [0.1, 0.15) is 26.6 Å². The Balaban J connectivity index is 1.18. The Morgan fingerprint density at radius 1 is 1.07 bits per heavy atom. The molecule has 1 saturated heterocycles. The fourth-order valence-corrected chi connectivity index (χ4v) is 6.31. The number of carbonyl (C=O) groups excluding carboxylic acids is 2. The Bertz CT molecular complexity index is 1780. The van der Waals surface area contributed by atoms with Crippen LogP contribution in [0.5, 0.6) is 0 Å². The molecule has 10 nitrogen and oxygen atoms in total. The molecule has 0 radical (unpaired) electrons. The number of nitrogens with zero attached hydrogens (tertiary/aromatic N) is 5. The Labute approximate surface area is 238 Å². The molecule has 0 spiro atoms. The minimum atomic E-state index is -0.739. The summed E-state index contributed by atoms with van der Waals surface area (Å²) < 4.78 is 19.6. The van der Waals surface area contributed by atoms with Crippen LogP contribution in [-0.2, 0) is 29.0 Å². The highest BCUT2D eigenvalue weighted by molar-refractivity contribution is 7.10. The zero-order chi connectivity index (χ0) is 27.9. The van der Waals surface area contributed by atoms with Crippen molar-refractivity contribution in [2.75, 3.05) is 31.6 Å². The number of ether oxygens (including phenoxy) is 1. The maximum absolute atomic E-state index is 14.2. The molecule has 7 rings (SSSR count). The van der Waals surface area contributed by atoms with E-state index in [0.717, 1.165) is 43.8 Å². The first-order chi connectivity index (χ1) is 20.0. The molecule has 12 heteroatoms. The van der Waals surface area contributed by atoms with Crippen LogP contribution < -0.4 is 5.32 Å². The van der Waals surface area contributed by atoms with Gasteiger partial charge in [0.15, 0.2) is 0 Å². The molecule has 5 heterocycles. The second kappa shape index (κ2) is 10.5. The Morgan fingerprint density at radius 2 is 1.90 bits per heavy atom. The van der Waals surface area contributed by atoms with Gasteiger partial charge in [-0.25, -0.2) is 9.37 Å². The summed E-state index contributed by atoms with van der Waals surface area (Å²) >= 11 is 1.38. The average Bonchev–Trinajstić information content (AvgIpc) is 3.63. The van der Waals surface area contributed by atoms with E-state index in [1.807, 2.05) is 18.2 Å². The van der Waals surface area contributed by atoms with E-state index in [2.05, 4.69) is 25.3 Å². The van der Waals surface area contributed by atoms with Gasteiger partial charge in [0.1, 0.15) is 17.6 Å². The fourth-order valence-electron chi connectivity index (χ4n) is 5.62. The number of hydrogen-bond donors (Lipinski definition) is 2. The monoisotopic (exact) mass is 571 g/mol. The van der Waals surface area contributed by atoms with Crippen molar-refractivity contribution in [3.63, 3.8) is 0 Å². The van der Waals surface area contributed by atoms with E-state index in [0.29, 0.717) is 38.5 Å². The predicted molar refractivity (Wildman–Crippen MR) is 152 cm³/mol. The van der Waals surface area contributed by atoms with Gasteiger partial charge < -0.3 is 24.8 Å². The molecule has 3 aromatic heterocycles. The average molecular weight is 572 g/mol. The zero-order valence-electron chi connectivity index (χ0n) is 22.0. The maximum Gasteiger partial charge on any atom is 0.274 e. The molecule has 0 bridgehead atoms. The minimum absolute atomic E-state index is 0.134. The molecular formula is C29H26FN7O3S. The standard InChI is InChI=1S/C29H26FN7O3S/c30-17-1-3-21-19(11-17)20-13-25(28(38)36-7-9-40-10-8-36)37(15-24(20)35-21)29(39)27-26(41-16-34-27)14-33-18-2-4-22-23(12-18)32-6-5-31-22/h1-6,11-12,16,25,33,35H,7-10,13-15H2. The van der Waals surface area contributed by atoms with Crippen LogP contribution in [0.3, 0.4) is 0 Å². The van der Waals surface area contributed by atoms with Gasteiger partial charge in [-0.2, -0.15) is 0 Å². The molecule has 2 amide bonds. The molecule has 2 aromatic carbocycles. The van der Waals surface area contributed by atoms with E-state index < -0.39 is 6.04 Å². The van der Waals surface area contributed by atoms with E-state index >= 15 is 0 Å². The first-order valence-electron chi connectivity index (χ1n) is 13.4. The summed E-state index contributed by atoms with van der Waals surface area (Å²) in [6, 6.07) is 9.56. The molecule has 2 N–H and O–H groups in total. The third-order valence-electron chi connectivity index (χ3n) is 7.69. The molecule has 0 saturated carbocycles. The number of anilines is 1. The lowest BCUT2D eigenvalue weighted by molar-refractivity contribution is -0.140. The fraction of sp³-hybridized carbons (Fsp3) is 0.276. The summed E-state index contributed by atoms with van der Waals surface area (Å²) in [5.74, 6) is -0.785. The summed E-state index contributed by atoms with van der Waals surface area (Å²) in [6.07, 6.45) is 3.59. The van der Waals surface area contributed by atoms with Crippen LogP contribution >= 0.6 is 11.3 Å². The van der Waals surface area contributed by atoms with Crippen LogP contribution in [-0.4, -0.2) is 73.9 Å². The van der Waals surface area contributed by atoms with Crippen LogP contribution in [0.25, 0.3) is 21.9 Å². The van der Waals surface area contributed by atoms with Crippen molar-refractivity contribution in [2.24, 2.45) is 0 Å². The highest BCUT2D eigenvalue weighted by Crippen LogP contribution is 2.33. The van der Waals surface area contributed by atoms with Gasteiger partial charge in [-0.1, -0.05) is 0 Å². The van der Waals surface area contributed by atoms with E-state index in [-0.39, 0.29) is 30.6 Å². The second-order valence-electron chi connectivity index (χ2n) is 10.1. The zero-order valence-corrected chi connectivity index (χ0v) is 22.8. The van der Waals surface area contributed by atoms with Gasteiger partial charge in [-0.05, 0) is 42.0 Å². The quantitative estimate of drug-likeness (QED) is 0.330. The number of benzene rings is 2. The SMILES string of the molecule is O=C(C1Cc2c([nH]c3ccc(F)cc23)CN1C(=O)c1ncsc1CNc1ccc2nccnc2c1)N1CCOCC1. The van der Waals surface area contributed by atoms with E-state index in [1.54, 1.807) is 33.8 Å². The number of aromatic amines is 1. The highest BCUT2D eigenvalue weighted by atomic mass is 32.1. The van der Waals surface area contributed by atoms with Gasteiger partial charge in [0.25, 0.3) is 5.91 Å². The third kappa shape index (κ3) is 4.78. The van der Waals surface area contributed by atoms with Gasteiger partial charge in [-0.15, -0.1) is 11.3 Å². The number of H-pyrrole nitrogens is 1. The smallest absolute Gasteiger partial charge is 0.274 e. The van der Waals surface area contributed by atoms with Crippen molar-refractivity contribution in [3.8, 4) is 0 Å². The number of fused-ring (bicyclic) bond motifs is 4. The van der Waals surface area contributed by atoms with Crippen molar-refractivity contribution >= 4 is 50.8 Å². The minimum Gasteiger partial charge on any atom is -0.380 e. The Hall–Kier alpha value is -4.42. The van der Waals surface area contributed by atoms with E-state index in [9.17, 15) is 14.0 Å². The molecule has 0 aliphatic carbocycles. The van der Waals surface area contributed by atoms with Gasteiger partial charge in [-0.3, -0.25) is 19.6 Å². The van der Waals surface area contributed by atoms with Crippen LogP contribution in [0, 0.1) is 5.82 Å². The molecule has 1 fully saturated rings. The molecule has 1 atom stereocenters. The Morgan fingerprint density at radius 3 is 2.76 bits per heavy atom. The Kier molecular flexibility index (Phi) is 6.56. The highest BCUT2D eigenvalue weighted by Gasteiger charge is 2.40. The van der Waals surface area contributed by atoms with Crippen LogP contribution in [0.2, 0.25) is 0 Å². The lowest BCUT2D eigenvalue weighted by Crippen LogP contribution is -2.55. The lowest BCUT2D eigenvalue weighted by Gasteiger charge is -2.38. The van der Waals surface area contributed by atoms with Gasteiger partial charge in [0, 0.05) is 54.2 Å². The van der Waals surface area contributed by atoms with Gasteiger partial charge >= 0.3 is 0 Å². The normalized spacial score (nSPS) is 17.1. The van der Waals surface area contributed by atoms with Crippen molar-refractivity contribution in [3.05, 3.63) is 81.9 Å².